The summed E-state index contributed by atoms with van der Waals surface area (Å²) in [5.74, 6) is 0.636. The third-order valence-electron chi connectivity index (χ3n) is 7.55. The Hall–Kier alpha value is -4.05. The molecule has 0 saturated heterocycles. The summed E-state index contributed by atoms with van der Waals surface area (Å²) in [6, 6.07) is 27.7. The first-order valence-corrected chi connectivity index (χ1v) is 12.2. The first-order chi connectivity index (χ1) is 17.1. The van der Waals surface area contributed by atoms with Crippen molar-refractivity contribution in [2.75, 3.05) is 5.32 Å². The molecule has 3 N–H and O–H groups in total. The second-order valence-corrected chi connectivity index (χ2v) is 9.57. The molecule has 1 amide bonds. The van der Waals surface area contributed by atoms with Gasteiger partial charge < -0.3 is 15.7 Å². The van der Waals surface area contributed by atoms with Gasteiger partial charge >= 0.3 is 0 Å². The number of para-hydroxylation sites is 1. The molecule has 4 heteroatoms. The molecule has 1 aliphatic carbocycles. The third kappa shape index (κ3) is 3.66. The van der Waals surface area contributed by atoms with Gasteiger partial charge in [-0.1, -0.05) is 84.9 Å². The van der Waals surface area contributed by atoms with Crippen LogP contribution in [0.3, 0.4) is 0 Å². The molecule has 4 aromatic carbocycles. The summed E-state index contributed by atoms with van der Waals surface area (Å²) in [6.45, 7) is 2.00. The monoisotopic (exact) mass is 460 g/mol. The molecule has 6 rings (SSSR count). The van der Waals surface area contributed by atoms with Crippen LogP contribution in [0, 0.1) is 5.92 Å². The summed E-state index contributed by atoms with van der Waals surface area (Å²) in [6.07, 6.45) is 5.41. The third-order valence-corrected chi connectivity index (χ3v) is 7.55. The molecule has 4 atom stereocenters. The van der Waals surface area contributed by atoms with Crippen LogP contribution in [0.15, 0.2) is 97.1 Å². The fourth-order valence-electron chi connectivity index (χ4n) is 5.81. The van der Waals surface area contributed by atoms with E-state index in [0.717, 1.165) is 39.6 Å². The molecule has 4 nitrogen and oxygen atoms in total. The Bertz CT molecular complexity index is 1440. The Balaban J connectivity index is 1.42. The van der Waals surface area contributed by atoms with Crippen LogP contribution in [0.4, 0.5) is 5.69 Å². The van der Waals surface area contributed by atoms with Crippen molar-refractivity contribution in [1.82, 2.24) is 5.32 Å². The molecule has 1 aliphatic heterocycles. The first kappa shape index (κ1) is 21.5. The number of nitrogens with one attached hydrogen (secondary N) is 2. The zero-order valence-corrected chi connectivity index (χ0v) is 19.6. The zero-order chi connectivity index (χ0) is 23.9. The van der Waals surface area contributed by atoms with Crippen molar-refractivity contribution >= 4 is 22.4 Å². The number of carbonyl (C=O) groups excluding carboxylic acids is 1. The van der Waals surface area contributed by atoms with Crippen molar-refractivity contribution in [3.63, 3.8) is 0 Å². The molecule has 2 aliphatic rings. The number of hydrogen-bond acceptors (Lipinski definition) is 3. The quantitative estimate of drug-likeness (QED) is 0.292. The van der Waals surface area contributed by atoms with Crippen molar-refractivity contribution in [1.29, 1.82) is 0 Å². The Morgan fingerprint density at radius 1 is 0.971 bits per heavy atom. The number of fused-ring (bicyclic) bond motifs is 4. The number of amides is 1. The maximum absolute atomic E-state index is 13.5. The lowest BCUT2D eigenvalue weighted by atomic mass is 9.75. The number of rotatable bonds is 4. The second-order valence-electron chi connectivity index (χ2n) is 9.57. The average molecular weight is 461 g/mol. The second kappa shape index (κ2) is 8.62. The fourth-order valence-corrected chi connectivity index (χ4v) is 5.81. The summed E-state index contributed by atoms with van der Waals surface area (Å²) < 4.78 is 0. The van der Waals surface area contributed by atoms with Crippen LogP contribution in [0.5, 0.6) is 5.75 Å². The van der Waals surface area contributed by atoms with E-state index in [1.165, 1.54) is 0 Å². The predicted octanol–water partition coefficient (Wildman–Crippen LogP) is 6.86. The lowest BCUT2D eigenvalue weighted by molar-refractivity contribution is 0.0940. The highest BCUT2D eigenvalue weighted by Gasteiger charge is 2.40. The van der Waals surface area contributed by atoms with Gasteiger partial charge in [-0.2, -0.15) is 0 Å². The Morgan fingerprint density at radius 3 is 2.63 bits per heavy atom. The Labute approximate surface area is 205 Å². The van der Waals surface area contributed by atoms with E-state index in [-0.39, 0.29) is 35.6 Å². The zero-order valence-electron chi connectivity index (χ0n) is 19.6. The maximum Gasteiger partial charge on any atom is 0.253 e. The van der Waals surface area contributed by atoms with Gasteiger partial charge in [0.2, 0.25) is 0 Å². The van der Waals surface area contributed by atoms with E-state index in [1.54, 1.807) is 6.07 Å². The minimum absolute atomic E-state index is 0.105. The van der Waals surface area contributed by atoms with Gasteiger partial charge in [0.15, 0.2) is 0 Å². The normalized spacial score (nSPS) is 21.1. The van der Waals surface area contributed by atoms with Gasteiger partial charge in [-0.15, -0.1) is 0 Å². The number of benzene rings is 4. The molecule has 4 aromatic rings. The summed E-state index contributed by atoms with van der Waals surface area (Å²) in [7, 11) is 0. The topological polar surface area (TPSA) is 61.4 Å². The largest absolute Gasteiger partial charge is 0.508 e. The highest BCUT2D eigenvalue weighted by atomic mass is 16.3. The number of phenolic OH excluding ortho intramolecular Hbond substituents is 1. The Kier molecular flexibility index (Phi) is 5.29. The van der Waals surface area contributed by atoms with Crippen LogP contribution >= 0.6 is 0 Å². The van der Waals surface area contributed by atoms with E-state index in [1.807, 2.05) is 67.6 Å². The molecule has 174 valence electrons. The van der Waals surface area contributed by atoms with Gasteiger partial charge in [0.1, 0.15) is 5.75 Å². The molecule has 0 fully saturated rings. The molecule has 35 heavy (non-hydrogen) atoms. The minimum Gasteiger partial charge on any atom is -0.508 e. The SMILES string of the molecule is CC(NC(=O)c1cccc2c1NC(c1c(O)ccc3ccccc13)C1CC=CC21)c1ccccc1. The summed E-state index contributed by atoms with van der Waals surface area (Å²) in [5.41, 5.74) is 4.60. The molecule has 0 radical (unpaired) electrons. The average Bonchev–Trinajstić information content (AvgIpc) is 3.39. The Morgan fingerprint density at radius 2 is 1.77 bits per heavy atom. The van der Waals surface area contributed by atoms with Gasteiger partial charge in [-0.25, -0.2) is 0 Å². The van der Waals surface area contributed by atoms with Crippen molar-refractivity contribution in [2.45, 2.75) is 31.3 Å². The molecular formula is C31H28N2O2. The molecule has 0 bridgehead atoms. The van der Waals surface area contributed by atoms with E-state index in [0.29, 0.717) is 5.56 Å². The van der Waals surface area contributed by atoms with Gasteiger partial charge in [-0.05, 0) is 53.3 Å². The number of phenols is 1. The molecule has 1 heterocycles. The predicted molar refractivity (Wildman–Crippen MR) is 141 cm³/mol. The molecule has 0 aromatic heterocycles. The van der Waals surface area contributed by atoms with Crippen molar-refractivity contribution in [3.8, 4) is 5.75 Å². The van der Waals surface area contributed by atoms with Gasteiger partial charge in [0.05, 0.1) is 23.3 Å². The minimum atomic E-state index is -0.117. The lowest BCUT2D eigenvalue weighted by Gasteiger charge is -2.39. The summed E-state index contributed by atoms with van der Waals surface area (Å²) in [4.78, 5) is 13.5. The van der Waals surface area contributed by atoms with E-state index >= 15 is 0 Å². The molecule has 0 saturated carbocycles. The van der Waals surface area contributed by atoms with E-state index in [4.69, 9.17) is 0 Å². The van der Waals surface area contributed by atoms with Gasteiger partial charge in [0, 0.05) is 11.5 Å². The van der Waals surface area contributed by atoms with Crippen molar-refractivity contribution in [3.05, 3.63) is 119 Å². The van der Waals surface area contributed by atoms with Gasteiger partial charge in [0.25, 0.3) is 5.91 Å². The van der Waals surface area contributed by atoms with Crippen LogP contribution in [0.2, 0.25) is 0 Å². The standard InChI is InChI=1S/C31H28N2O2/c1-19(20-9-3-2-4-10-20)32-31(35)26-16-8-14-24-23-13-7-15-25(23)30(33-29(24)26)28-22-12-6-5-11-21(22)17-18-27(28)34/h2-14,16-19,23,25,30,33-34H,15H2,1H3,(H,32,35). The van der Waals surface area contributed by atoms with Crippen LogP contribution in [0.1, 0.15) is 58.4 Å². The van der Waals surface area contributed by atoms with E-state index in [9.17, 15) is 9.90 Å². The number of carbonyl (C=O) groups is 1. The summed E-state index contributed by atoms with van der Waals surface area (Å²) in [5, 5.41) is 20.0. The van der Waals surface area contributed by atoms with Crippen LogP contribution in [-0.4, -0.2) is 11.0 Å². The summed E-state index contributed by atoms with van der Waals surface area (Å²) >= 11 is 0. The van der Waals surface area contributed by atoms with Crippen molar-refractivity contribution in [2.24, 2.45) is 5.92 Å². The lowest BCUT2D eigenvalue weighted by Crippen LogP contribution is -2.33. The highest BCUT2D eigenvalue weighted by molar-refractivity contribution is 6.01. The van der Waals surface area contributed by atoms with E-state index < -0.39 is 0 Å². The number of allylic oxidation sites excluding steroid dienone is 2. The highest BCUT2D eigenvalue weighted by Crippen LogP contribution is 2.53. The number of aromatic hydroxyl groups is 1. The van der Waals surface area contributed by atoms with Gasteiger partial charge in [-0.3, -0.25) is 4.79 Å². The maximum atomic E-state index is 13.5. The smallest absolute Gasteiger partial charge is 0.253 e. The first-order valence-electron chi connectivity index (χ1n) is 12.2. The molecule has 0 spiro atoms. The van der Waals surface area contributed by atoms with E-state index in [2.05, 4.69) is 41.0 Å². The van der Waals surface area contributed by atoms with Crippen molar-refractivity contribution < 1.29 is 9.90 Å². The van der Waals surface area contributed by atoms with Crippen LogP contribution < -0.4 is 10.6 Å². The number of hydrogen-bond donors (Lipinski definition) is 3. The van der Waals surface area contributed by atoms with Crippen LogP contribution in [0.25, 0.3) is 10.8 Å². The number of anilines is 1. The van der Waals surface area contributed by atoms with Crippen LogP contribution in [-0.2, 0) is 0 Å². The molecular weight excluding hydrogens is 432 g/mol. The molecule has 4 unspecified atom stereocenters. The fraction of sp³-hybridized carbons (Fsp3) is 0.194.